The molecule has 1 aromatic carbocycles. The number of halogens is 1. The molecular formula is C23H26FN3OS. The number of allylic oxidation sites excluding steroid dienone is 1. The van der Waals surface area contributed by atoms with Crippen LogP contribution >= 0.6 is 11.3 Å². The summed E-state index contributed by atoms with van der Waals surface area (Å²) in [5.41, 5.74) is 4.56. The van der Waals surface area contributed by atoms with Gasteiger partial charge in [0, 0.05) is 11.9 Å². The maximum atomic E-state index is 13.3. The summed E-state index contributed by atoms with van der Waals surface area (Å²) < 4.78 is 15.3. The molecule has 29 heavy (non-hydrogen) atoms. The molecule has 4 saturated carbocycles. The minimum absolute atomic E-state index is 0.0958. The first kappa shape index (κ1) is 18.8. The van der Waals surface area contributed by atoms with Gasteiger partial charge >= 0.3 is 0 Å². The van der Waals surface area contributed by atoms with Crippen LogP contribution in [0, 0.1) is 29.0 Å². The Morgan fingerprint density at radius 1 is 1.21 bits per heavy atom. The second kappa shape index (κ2) is 7.24. The van der Waals surface area contributed by atoms with Crippen molar-refractivity contribution >= 4 is 17.2 Å². The molecule has 4 nitrogen and oxygen atoms in total. The summed E-state index contributed by atoms with van der Waals surface area (Å²) in [4.78, 5) is 13.9. The molecule has 4 bridgehead atoms. The zero-order chi connectivity index (χ0) is 20.0. The molecule has 1 heterocycles. The molecule has 1 N–H and O–H groups in total. The molecule has 4 aliphatic carbocycles. The highest BCUT2D eigenvalue weighted by Crippen LogP contribution is 2.60. The van der Waals surface area contributed by atoms with E-state index in [9.17, 15) is 9.18 Å². The fraction of sp³-hybridized carbons (Fsp3) is 0.478. The number of nitrogens with one attached hydrogen (secondary N) is 1. The van der Waals surface area contributed by atoms with E-state index < -0.39 is 0 Å². The molecular weight excluding hydrogens is 385 g/mol. The van der Waals surface area contributed by atoms with Crippen LogP contribution in [0.5, 0.6) is 0 Å². The molecule has 0 atom stereocenters. The van der Waals surface area contributed by atoms with Crippen LogP contribution in [0.1, 0.15) is 38.5 Å². The number of nitrogens with zero attached hydrogens (tertiary/aromatic N) is 2. The maximum absolute atomic E-state index is 13.3. The molecule has 4 aliphatic rings. The van der Waals surface area contributed by atoms with Crippen molar-refractivity contribution in [2.24, 2.45) is 28.3 Å². The topological polar surface area (TPSA) is 46.4 Å². The molecule has 152 valence electrons. The van der Waals surface area contributed by atoms with Gasteiger partial charge in [0.05, 0.1) is 11.1 Å². The Hall–Kier alpha value is -2.21. The van der Waals surface area contributed by atoms with Crippen molar-refractivity contribution in [3.63, 3.8) is 0 Å². The predicted octanol–water partition coefficient (Wildman–Crippen LogP) is 4.69. The largest absolute Gasteiger partial charge is 0.311 e. The van der Waals surface area contributed by atoms with Crippen LogP contribution in [0.3, 0.4) is 0 Å². The first-order valence-electron chi connectivity index (χ1n) is 10.5. The second-order valence-electron chi connectivity index (χ2n) is 9.06. The number of carbonyl (C=O) groups excluding carboxylic acids is 1. The third-order valence-electron chi connectivity index (χ3n) is 7.02. The standard InChI is InChI=1S/C23H26FN3OS/c1-2-7-27-20(18-3-5-19(24)6-4-18)14-29-22(27)26-25-21(28)23-11-15-8-16(12-23)10-17(9-15)13-23/h2-6,14-17H,1,7-13H2,(H,25,28)/b26-22-. The van der Waals surface area contributed by atoms with Crippen molar-refractivity contribution in [2.45, 2.75) is 45.1 Å². The van der Waals surface area contributed by atoms with E-state index in [-0.39, 0.29) is 17.1 Å². The lowest BCUT2D eigenvalue weighted by Crippen LogP contribution is -2.53. The van der Waals surface area contributed by atoms with E-state index in [1.54, 1.807) is 18.2 Å². The van der Waals surface area contributed by atoms with Crippen molar-refractivity contribution in [3.8, 4) is 11.3 Å². The van der Waals surface area contributed by atoms with Crippen molar-refractivity contribution in [1.82, 2.24) is 9.99 Å². The van der Waals surface area contributed by atoms with E-state index in [1.807, 2.05) is 9.95 Å². The summed E-state index contributed by atoms with van der Waals surface area (Å²) in [5.74, 6) is 2.02. The molecule has 0 unspecified atom stereocenters. The lowest BCUT2D eigenvalue weighted by molar-refractivity contribution is -0.146. The lowest BCUT2D eigenvalue weighted by Gasteiger charge is -2.55. The highest BCUT2D eigenvalue weighted by Gasteiger charge is 2.54. The summed E-state index contributed by atoms with van der Waals surface area (Å²) in [6.07, 6.45) is 8.83. The number of aromatic nitrogens is 1. The minimum atomic E-state index is -0.257. The molecule has 0 radical (unpaired) electrons. The Morgan fingerprint density at radius 2 is 1.83 bits per heavy atom. The van der Waals surface area contributed by atoms with Gasteiger partial charge in [-0.25, -0.2) is 9.82 Å². The SMILES string of the molecule is C=CCn1c(-c2ccc(F)cc2)cs/c1=N\NC(=O)C12CC3CC(CC(C3)C1)C2. The van der Waals surface area contributed by atoms with Crippen molar-refractivity contribution in [3.05, 3.63) is 52.9 Å². The smallest absolute Gasteiger partial charge is 0.246 e. The Kier molecular flexibility index (Phi) is 4.69. The van der Waals surface area contributed by atoms with E-state index in [1.165, 1.54) is 42.7 Å². The molecule has 6 heteroatoms. The maximum Gasteiger partial charge on any atom is 0.246 e. The average Bonchev–Trinajstić information content (AvgIpc) is 3.08. The van der Waals surface area contributed by atoms with Crippen LogP contribution in [0.25, 0.3) is 11.3 Å². The highest BCUT2D eigenvalue weighted by molar-refractivity contribution is 7.07. The van der Waals surface area contributed by atoms with Crippen LogP contribution in [-0.2, 0) is 11.3 Å². The number of rotatable bonds is 5. The summed E-state index contributed by atoms with van der Waals surface area (Å²) in [5, 5.41) is 6.50. The molecule has 0 saturated heterocycles. The van der Waals surface area contributed by atoms with Gasteiger partial charge in [-0.3, -0.25) is 4.79 Å². The zero-order valence-electron chi connectivity index (χ0n) is 16.4. The monoisotopic (exact) mass is 411 g/mol. The Balaban J connectivity index is 1.41. The zero-order valence-corrected chi connectivity index (χ0v) is 17.3. The minimum Gasteiger partial charge on any atom is -0.311 e. The van der Waals surface area contributed by atoms with Gasteiger partial charge in [-0.1, -0.05) is 6.08 Å². The Morgan fingerprint density at radius 3 is 2.41 bits per heavy atom. The van der Waals surface area contributed by atoms with Gasteiger partial charge in [-0.15, -0.1) is 23.0 Å². The molecule has 0 spiro atoms. The number of hydrogen-bond donors (Lipinski definition) is 1. The van der Waals surface area contributed by atoms with Gasteiger partial charge in [0.2, 0.25) is 10.7 Å². The summed E-state index contributed by atoms with van der Waals surface area (Å²) in [6, 6.07) is 6.43. The predicted molar refractivity (Wildman–Crippen MR) is 112 cm³/mol. The van der Waals surface area contributed by atoms with E-state index in [2.05, 4.69) is 17.1 Å². The van der Waals surface area contributed by atoms with Crippen LogP contribution in [-0.4, -0.2) is 10.5 Å². The second-order valence-corrected chi connectivity index (χ2v) is 9.90. The van der Waals surface area contributed by atoms with Gasteiger partial charge in [0.1, 0.15) is 5.82 Å². The quantitative estimate of drug-likeness (QED) is 0.563. The normalized spacial score (nSPS) is 30.5. The molecule has 1 amide bonds. The van der Waals surface area contributed by atoms with Crippen molar-refractivity contribution in [2.75, 3.05) is 0 Å². The fourth-order valence-electron chi connectivity index (χ4n) is 6.18. The molecule has 2 aromatic rings. The van der Waals surface area contributed by atoms with E-state index in [0.29, 0.717) is 6.54 Å². The van der Waals surface area contributed by atoms with Gasteiger partial charge < -0.3 is 4.57 Å². The Labute approximate surface area is 174 Å². The van der Waals surface area contributed by atoms with Gasteiger partial charge in [0.15, 0.2) is 0 Å². The van der Waals surface area contributed by atoms with Gasteiger partial charge in [0.25, 0.3) is 0 Å². The van der Waals surface area contributed by atoms with E-state index >= 15 is 0 Å². The lowest BCUT2D eigenvalue weighted by atomic mass is 9.49. The van der Waals surface area contributed by atoms with E-state index in [0.717, 1.165) is 53.1 Å². The molecule has 0 aliphatic heterocycles. The van der Waals surface area contributed by atoms with E-state index in [4.69, 9.17) is 0 Å². The van der Waals surface area contributed by atoms with Gasteiger partial charge in [-0.2, -0.15) is 0 Å². The molecule has 1 aromatic heterocycles. The third kappa shape index (κ3) is 3.37. The number of thiazole rings is 1. The number of carbonyl (C=O) groups is 1. The molecule has 6 rings (SSSR count). The third-order valence-corrected chi connectivity index (χ3v) is 7.89. The first-order chi connectivity index (χ1) is 14.1. The van der Waals surface area contributed by atoms with Crippen molar-refractivity contribution < 1.29 is 9.18 Å². The van der Waals surface area contributed by atoms with Crippen LogP contribution in [0.4, 0.5) is 4.39 Å². The summed E-state index contributed by atoms with van der Waals surface area (Å²) in [6.45, 7) is 4.41. The van der Waals surface area contributed by atoms with Gasteiger partial charge in [-0.05, 0) is 86.1 Å². The van der Waals surface area contributed by atoms with Crippen LogP contribution < -0.4 is 10.2 Å². The van der Waals surface area contributed by atoms with Crippen molar-refractivity contribution in [1.29, 1.82) is 0 Å². The fourth-order valence-corrected chi connectivity index (χ4v) is 7.06. The highest BCUT2D eigenvalue weighted by atomic mass is 32.1. The van der Waals surface area contributed by atoms with Crippen LogP contribution in [0.15, 0.2) is 47.4 Å². The molecule has 4 fully saturated rings. The number of benzene rings is 1. The first-order valence-corrected chi connectivity index (χ1v) is 11.3. The Bertz CT molecular complexity index is 969. The number of hydrogen-bond acceptors (Lipinski definition) is 3. The average molecular weight is 412 g/mol. The summed E-state index contributed by atoms with van der Waals surface area (Å²) in [7, 11) is 0. The summed E-state index contributed by atoms with van der Waals surface area (Å²) >= 11 is 1.47. The van der Waals surface area contributed by atoms with Crippen LogP contribution in [0.2, 0.25) is 0 Å². The number of amides is 1.